The van der Waals surface area contributed by atoms with Gasteiger partial charge in [-0.25, -0.2) is 4.98 Å². The summed E-state index contributed by atoms with van der Waals surface area (Å²) in [6, 6.07) is -3.13. The van der Waals surface area contributed by atoms with Crippen molar-refractivity contribution >= 4 is 94.6 Å². The van der Waals surface area contributed by atoms with Crippen LogP contribution in [0.1, 0.15) is 84.0 Å². The Bertz CT molecular complexity index is 3280. The Balaban J connectivity index is 1.84. The number of aromatic amines is 1. The lowest BCUT2D eigenvalue weighted by Crippen LogP contribution is -2.62. The standard InChI is InChI=1S/C61H88N18O19/c1-29(2)17-36(71-52(88)38(19-34-15-11-8-12-16-34)73-54(90)40(21-45(63)82)70-50(86)31(5)62)57(93)79-49(30(3)4)60(96)76-39(20-35-24-66-28-68-35)53(89)77-44(27-81)59(95)78-43(26-80)58(94)75-42(23-47(65)84)56(92)74-41(22-46(64)83)55(91)72-37(18-33-13-9-7-10-14-33)51(87)67-25-48(85)69-32(6)61(97)98/h7-16,24,28-32,36-44,49,80-81H,17-23,25-27,62H2,1-6H3,(H2,63,82)(H2,64,83)(H2,65,84)(H,66,68)(H,67,87)(H,69,85)(H,70,86)(H,71,88)(H,72,91)(H,73,90)(H,74,92)(H,75,94)(H,76,96)(H,77,89)(H,78,95)(H,79,93)(H,97,98)/t31-,32-,36-,37-,38-,39-,40-,41-,42-,43-,44-,49-/m0/s1. The number of imidazole rings is 1. The van der Waals surface area contributed by atoms with Gasteiger partial charge in [-0.1, -0.05) is 88.4 Å². The summed E-state index contributed by atoms with van der Waals surface area (Å²) in [6.07, 6.45) is -0.922. The van der Waals surface area contributed by atoms with E-state index in [-0.39, 0.29) is 37.3 Å². The Morgan fingerprint density at radius 2 is 0.796 bits per heavy atom. The maximum atomic E-state index is 14.3. The van der Waals surface area contributed by atoms with Crippen molar-refractivity contribution in [2.75, 3.05) is 19.8 Å². The number of carbonyl (C=O) groups excluding carboxylic acids is 15. The Kier molecular flexibility index (Phi) is 33.5. The third kappa shape index (κ3) is 28.6. The predicted octanol–water partition coefficient (Wildman–Crippen LogP) is -8.35. The number of carbonyl (C=O) groups is 16. The minimum absolute atomic E-state index is 0.0324. The zero-order valence-electron chi connectivity index (χ0n) is 54.7. The first kappa shape index (κ1) is 81.3. The molecule has 0 bridgehead atoms. The normalized spacial score (nSPS) is 14.7. The molecule has 24 N–H and O–H groups in total. The number of primary amides is 3. The number of hydrogen-bond acceptors (Lipinski definition) is 20. The molecule has 1 aromatic heterocycles. The number of amides is 15. The van der Waals surface area contributed by atoms with Crippen molar-refractivity contribution in [1.82, 2.24) is 73.8 Å². The fourth-order valence-corrected chi connectivity index (χ4v) is 9.17. The van der Waals surface area contributed by atoms with Crippen LogP contribution in [-0.2, 0) is 96.0 Å². The summed E-state index contributed by atoms with van der Waals surface area (Å²) in [5.74, 6) is -18.8. The van der Waals surface area contributed by atoms with Crippen molar-refractivity contribution < 1.29 is 92.0 Å². The van der Waals surface area contributed by atoms with Crippen LogP contribution in [0.3, 0.4) is 0 Å². The minimum Gasteiger partial charge on any atom is -0.480 e. The van der Waals surface area contributed by atoms with Crippen LogP contribution in [0.2, 0.25) is 0 Å². The van der Waals surface area contributed by atoms with Crippen LogP contribution >= 0.6 is 0 Å². The number of aliphatic carboxylic acids is 1. The van der Waals surface area contributed by atoms with Crippen molar-refractivity contribution in [2.24, 2.45) is 34.8 Å². The van der Waals surface area contributed by atoms with E-state index in [1.165, 1.54) is 26.4 Å². The van der Waals surface area contributed by atoms with Gasteiger partial charge in [-0.05, 0) is 43.2 Å². The number of hydrogen-bond donors (Lipinski definition) is 20. The first-order valence-electron chi connectivity index (χ1n) is 30.8. The van der Waals surface area contributed by atoms with Crippen molar-refractivity contribution in [3.8, 4) is 0 Å². The van der Waals surface area contributed by atoms with Crippen LogP contribution in [0.15, 0.2) is 73.2 Å². The number of rotatable bonds is 42. The molecule has 2 aromatic carbocycles. The van der Waals surface area contributed by atoms with E-state index < -0.39 is 212 Å². The molecule has 3 aromatic rings. The highest BCUT2D eigenvalue weighted by molar-refractivity contribution is 6.01. The number of aromatic nitrogens is 2. The number of aliphatic hydroxyl groups is 2. The second-order valence-electron chi connectivity index (χ2n) is 23.6. The fourth-order valence-electron chi connectivity index (χ4n) is 9.17. The zero-order valence-corrected chi connectivity index (χ0v) is 54.7. The quantitative estimate of drug-likeness (QED) is 0.0250. The van der Waals surface area contributed by atoms with Crippen molar-refractivity contribution in [3.63, 3.8) is 0 Å². The van der Waals surface area contributed by atoms with Gasteiger partial charge in [-0.2, -0.15) is 0 Å². The molecule has 37 heteroatoms. The molecule has 12 atom stereocenters. The molecular formula is C61H88N18O19. The number of nitrogens with two attached hydrogens (primary N) is 4. The molecule has 1 heterocycles. The molecule has 98 heavy (non-hydrogen) atoms. The van der Waals surface area contributed by atoms with E-state index in [0.717, 1.165) is 0 Å². The minimum atomic E-state index is -2.05. The number of H-pyrrole nitrogens is 1. The van der Waals surface area contributed by atoms with Gasteiger partial charge in [-0.15, -0.1) is 0 Å². The number of benzene rings is 2. The van der Waals surface area contributed by atoms with Gasteiger partial charge in [0.05, 0.1) is 51.4 Å². The predicted molar refractivity (Wildman–Crippen MR) is 344 cm³/mol. The van der Waals surface area contributed by atoms with Crippen LogP contribution in [0.4, 0.5) is 0 Å². The van der Waals surface area contributed by atoms with Gasteiger partial charge in [0.15, 0.2) is 0 Å². The molecule has 0 aliphatic rings. The summed E-state index contributed by atoms with van der Waals surface area (Å²) in [6.45, 7) is 5.85. The Morgan fingerprint density at radius 1 is 0.439 bits per heavy atom. The third-order valence-corrected chi connectivity index (χ3v) is 14.4. The smallest absolute Gasteiger partial charge is 0.325 e. The number of carboxylic acids is 1. The summed E-state index contributed by atoms with van der Waals surface area (Å²) in [4.78, 5) is 219. The summed E-state index contributed by atoms with van der Waals surface area (Å²) in [5.41, 5.74) is 23.1. The summed E-state index contributed by atoms with van der Waals surface area (Å²) < 4.78 is 0. The number of carboxylic acid groups (broad SMARTS) is 1. The molecule has 0 aliphatic carbocycles. The maximum absolute atomic E-state index is 14.3. The maximum Gasteiger partial charge on any atom is 0.325 e. The third-order valence-electron chi connectivity index (χ3n) is 14.4. The number of nitrogens with zero attached hydrogens (tertiary/aromatic N) is 1. The summed E-state index contributed by atoms with van der Waals surface area (Å²) in [7, 11) is 0. The summed E-state index contributed by atoms with van der Waals surface area (Å²) in [5, 5.41) is 57.9. The van der Waals surface area contributed by atoms with Gasteiger partial charge < -0.3 is 107 Å². The van der Waals surface area contributed by atoms with Gasteiger partial charge in [0.25, 0.3) is 0 Å². The van der Waals surface area contributed by atoms with Gasteiger partial charge in [-0.3, -0.25) is 76.7 Å². The lowest BCUT2D eigenvalue weighted by Gasteiger charge is -2.29. The van der Waals surface area contributed by atoms with Crippen LogP contribution < -0.4 is 86.7 Å². The molecule has 3 rings (SSSR count). The SMILES string of the molecule is CC(C)C[C@H](NC(=O)[C@H](Cc1ccccc1)NC(=O)[C@H](CC(N)=O)NC(=O)[C@H](C)N)C(=O)N[C@H](C(=O)N[C@@H](Cc1cnc[nH]1)C(=O)N[C@@H](CO)C(=O)N[C@@H](CO)C(=O)N[C@@H](CC(N)=O)C(=O)N[C@@H](CC(N)=O)C(=O)N[C@@H](Cc1ccccc1)C(=O)NCC(=O)N[C@@H](C)C(=O)O)C(C)C. The van der Waals surface area contributed by atoms with Crippen molar-refractivity contribution in [1.29, 1.82) is 0 Å². The lowest BCUT2D eigenvalue weighted by molar-refractivity contribution is -0.141. The molecule has 536 valence electrons. The number of nitrogens with one attached hydrogen (secondary N) is 13. The lowest BCUT2D eigenvalue weighted by atomic mass is 9.98. The molecule has 0 spiro atoms. The Morgan fingerprint density at radius 3 is 1.17 bits per heavy atom. The average Bonchev–Trinajstić information content (AvgIpc) is 1.24. The molecule has 0 saturated heterocycles. The van der Waals surface area contributed by atoms with Gasteiger partial charge in [0.2, 0.25) is 88.6 Å². The first-order chi connectivity index (χ1) is 46.1. The van der Waals surface area contributed by atoms with Crippen molar-refractivity contribution in [3.05, 3.63) is 90.0 Å². The van der Waals surface area contributed by atoms with Crippen LogP contribution in [0, 0.1) is 11.8 Å². The van der Waals surface area contributed by atoms with E-state index in [4.69, 9.17) is 28.0 Å². The van der Waals surface area contributed by atoms with Crippen LogP contribution in [0.5, 0.6) is 0 Å². The van der Waals surface area contributed by atoms with Crippen LogP contribution in [-0.4, -0.2) is 212 Å². The zero-order chi connectivity index (χ0) is 73.5. The molecule has 0 radical (unpaired) electrons. The molecule has 37 nitrogen and oxygen atoms in total. The number of aliphatic hydroxyl groups excluding tert-OH is 2. The monoisotopic (exact) mass is 1380 g/mol. The molecule has 0 unspecified atom stereocenters. The molecule has 0 saturated carbocycles. The second kappa shape index (κ2) is 40.4. The molecule has 0 aliphatic heterocycles. The van der Waals surface area contributed by atoms with E-state index in [1.807, 2.05) is 0 Å². The first-order valence-corrected chi connectivity index (χ1v) is 30.8. The highest BCUT2D eigenvalue weighted by Crippen LogP contribution is 2.13. The molecular weight excluding hydrogens is 1290 g/mol. The van der Waals surface area contributed by atoms with E-state index in [0.29, 0.717) is 11.1 Å². The Hall–Kier alpha value is -11.0. The van der Waals surface area contributed by atoms with Crippen LogP contribution in [0.25, 0.3) is 0 Å². The second-order valence-corrected chi connectivity index (χ2v) is 23.6. The van der Waals surface area contributed by atoms with E-state index >= 15 is 0 Å². The van der Waals surface area contributed by atoms with Crippen molar-refractivity contribution in [2.45, 2.75) is 159 Å². The topological polar surface area (TPSA) is 611 Å². The highest BCUT2D eigenvalue weighted by atomic mass is 16.4. The molecule has 0 fully saturated rings. The fraction of sp³-hybridized carbons (Fsp3) is 0.492. The van der Waals surface area contributed by atoms with E-state index in [2.05, 4.69) is 73.8 Å². The Labute approximate surface area is 562 Å². The highest BCUT2D eigenvalue weighted by Gasteiger charge is 2.38. The summed E-state index contributed by atoms with van der Waals surface area (Å²) >= 11 is 0. The molecule has 15 amide bonds. The largest absolute Gasteiger partial charge is 0.480 e. The van der Waals surface area contributed by atoms with Gasteiger partial charge in [0, 0.05) is 31.2 Å². The van der Waals surface area contributed by atoms with E-state index in [9.17, 15) is 86.9 Å². The van der Waals surface area contributed by atoms with Gasteiger partial charge >= 0.3 is 5.97 Å². The van der Waals surface area contributed by atoms with Gasteiger partial charge in [0.1, 0.15) is 66.5 Å². The van der Waals surface area contributed by atoms with E-state index in [1.54, 1.807) is 88.4 Å². The average molecular weight is 1380 g/mol.